The lowest BCUT2D eigenvalue weighted by Gasteiger charge is -2.17. The molecule has 1 unspecified atom stereocenters. The van der Waals surface area contributed by atoms with Gasteiger partial charge in [0.25, 0.3) is 0 Å². The summed E-state index contributed by atoms with van der Waals surface area (Å²) in [7, 11) is 2.21. The minimum Gasteiger partial charge on any atom is -0.311 e. The maximum atomic E-state index is 3.70. The summed E-state index contributed by atoms with van der Waals surface area (Å²) in [6.07, 6.45) is 6.42. The van der Waals surface area contributed by atoms with Gasteiger partial charge in [0.05, 0.1) is 0 Å². The molecule has 2 aliphatic rings. The van der Waals surface area contributed by atoms with Gasteiger partial charge in [0.2, 0.25) is 0 Å². The third kappa shape index (κ3) is 2.39. The third-order valence-corrected chi connectivity index (χ3v) is 4.76. The van der Waals surface area contributed by atoms with Crippen molar-refractivity contribution in [3.63, 3.8) is 0 Å². The van der Waals surface area contributed by atoms with E-state index in [0.29, 0.717) is 4.75 Å². The largest absolute Gasteiger partial charge is 0.311 e. The molecule has 13 heavy (non-hydrogen) atoms. The maximum Gasteiger partial charge on any atom is 0.0282 e. The summed E-state index contributed by atoms with van der Waals surface area (Å²) in [5, 5.41) is 3.70. The van der Waals surface area contributed by atoms with Gasteiger partial charge in [-0.15, -0.1) is 0 Å². The Bertz CT molecular complexity index is 180. The number of thioether (sulfide) groups is 1. The van der Waals surface area contributed by atoms with Crippen LogP contribution < -0.4 is 5.32 Å². The molecule has 1 N–H and O–H groups in total. The molecule has 0 aromatic rings. The fourth-order valence-electron chi connectivity index (χ4n) is 2.02. The van der Waals surface area contributed by atoms with Gasteiger partial charge in [-0.1, -0.05) is 0 Å². The lowest BCUT2D eigenvalue weighted by atomic mass is 10.2. The first-order valence-corrected chi connectivity index (χ1v) is 6.44. The lowest BCUT2D eigenvalue weighted by molar-refractivity contribution is 0.397. The normalized spacial score (nSPS) is 32.3. The Morgan fingerprint density at radius 2 is 2.31 bits per heavy atom. The molecule has 2 fully saturated rings. The molecular weight excluding hydrogens is 180 g/mol. The molecule has 1 atom stereocenters. The second-order valence-electron chi connectivity index (χ2n) is 4.52. The predicted octanol–water partition coefficient (Wildman–Crippen LogP) is 1.18. The van der Waals surface area contributed by atoms with Gasteiger partial charge in [-0.2, -0.15) is 11.8 Å². The van der Waals surface area contributed by atoms with Gasteiger partial charge in [0.1, 0.15) is 0 Å². The van der Waals surface area contributed by atoms with Crippen molar-refractivity contribution in [1.29, 1.82) is 0 Å². The zero-order valence-corrected chi connectivity index (χ0v) is 9.49. The predicted molar refractivity (Wildman–Crippen MR) is 59.4 cm³/mol. The van der Waals surface area contributed by atoms with Crippen molar-refractivity contribution in [2.75, 3.05) is 32.9 Å². The number of rotatable bonds is 4. The summed E-state index contributed by atoms with van der Waals surface area (Å²) < 4.78 is 0.626. The highest BCUT2D eigenvalue weighted by Gasteiger charge is 2.41. The Kier molecular flexibility index (Phi) is 2.86. The topological polar surface area (TPSA) is 15.3 Å². The Balaban J connectivity index is 1.68. The monoisotopic (exact) mass is 200 g/mol. The SMILES string of the molecule is CSC1(CNC2CCN(C)C2)CC1. The molecule has 3 heteroatoms. The van der Waals surface area contributed by atoms with Crippen LogP contribution in [0.1, 0.15) is 19.3 Å². The first-order valence-electron chi connectivity index (χ1n) is 5.21. The number of likely N-dealkylation sites (N-methyl/N-ethyl adjacent to an activating group) is 1. The Hall–Kier alpha value is 0.270. The average Bonchev–Trinajstić information content (AvgIpc) is 2.81. The highest BCUT2D eigenvalue weighted by Crippen LogP contribution is 2.46. The van der Waals surface area contributed by atoms with Gasteiger partial charge < -0.3 is 10.2 Å². The average molecular weight is 200 g/mol. The van der Waals surface area contributed by atoms with E-state index in [1.54, 1.807) is 0 Å². The molecule has 0 spiro atoms. The number of hydrogen-bond acceptors (Lipinski definition) is 3. The van der Waals surface area contributed by atoms with Crippen LogP contribution in [0.25, 0.3) is 0 Å². The summed E-state index contributed by atoms with van der Waals surface area (Å²) in [6.45, 7) is 3.74. The second kappa shape index (κ2) is 3.79. The first kappa shape index (κ1) is 9.81. The molecule has 1 saturated carbocycles. The zero-order chi connectivity index (χ0) is 9.31. The summed E-state index contributed by atoms with van der Waals surface area (Å²) >= 11 is 2.05. The number of likely N-dealkylation sites (tertiary alicyclic amines) is 1. The molecule has 0 amide bonds. The van der Waals surface area contributed by atoms with Crippen molar-refractivity contribution in [3.8, 4) is 0 Å². The van der Waals surface area contributed by atoms with Crippen molar-refractivity contribution in [1.82, 2.24) is 10.2 Å². The smallest absolute Gasteiger partial charge is 0.0282 e. The van der Waals surface area contributed by atoms with Crippen LogP contribution in [0.2, 0.25) is 0 Å². The molecule has 1 heterocycles. The molecule has 0 aromatic carbocycles. The number of nitrogens with one attached hydrogen (secondary N) is 1. The quantitative estimate of drug-likeness (QED) is 0.733. The van der Waals surface area contributed by atoms with Gasteiger partial charge >= 0.3 is 0 Å². The zero-order valence-electron chi connectivity index (χ0n) is 8.68. The van der Waals surface area contributed by atoms with Gasteiger partial charge in [-0.05, 0) is 39.1 Å². The van der Waals surface area contributed by atoms with Crippen molar-refractivity contribution in [2.45, 2.75) is 30.1 Å². The van der Waals surface area contributed by atoms with Crippen molar-refractivity contribution in [2.24, 2.45) is 0 Å². The minimum atomic E-state index is 0.626. The molecule has 1 aliphatic carbocycles. The molecule has 76 valence electrons. The van der Waals surface area contributed by atoms with Gasteiger partial charge in [0.15, 0.2) is 0 Å². The second-order valence-corrected chi connectivity index (χ2v) is 5.79. The number of nitrogens with zero attached hydrogens (tertiary/aromatic N) is 1. The van der Waals surface area contributed by atoms with E-state index in [0.717, 1.165) is 6.04 Å². The van der Waals surface area contributed by atoms with Gasteiger partial charge in [-0.3, -0.25) is 0 Å². The molecule has 0 radical (unpaired) electrons. The van der Waals surface area contributed by atoms with E-state index in [2.05, 4.69) is 23.5 Å². The number of hydrogen-bond donors (Lipinski definition) is 1. The Labute approximate surface area is 85.4 Å². The van der Waals surface area contributed by atoms with Crippen LogP contribution in [0, 0.1) is 0 Å². The summed E-state index contributed by atoms with van der Waals surface area (Å²) in [4.78, 5) is 2.41. The first-order chi connectivity index (χ1) is 6.24. The maximum absolute atomic E-state index is 3.70. The van der Waals surface area contributed by atoms with E-state index in [1.807, 2.05) is 11.8 Å². The van der Waals surface area contributed by atoms with Crippen LogP contribution in [-0.2, 0) is 0 Å². The minimum absolute atomic E-state index is 0.626. The molecule has 1 saturated heterocycles. The van der Waals surface area contributed by atoms with E-state index in [9.17, 15) is 0 Å². The van der Waals surface area contributed by atoms with E-state index in [-0.39, 0.29) is 0 Å². The van der Waals surface area contributed by atoms with E-state index < -0.39 is 0 Å². The molecule has 2 nitrogen and oxygen atoms in total. The highest BCUT2D eigenvalue weighted by molar-refractivity contribution is 8.00. The van der Waals surface area contributed by atoms with E-state index >= 15 is 0 Å². The summed E-state index contributed by atoms with van der Waals surface area (Å²) in [5.41, 5.74) is 0. The van der Waals surface area contributed by atoms with Crippen LogP contribution in [0.3, 0.4) is 0 Å². The van der Waals surface area contributed by atoms with Crippen LogP contribution >= 0.6 is 11.8 Å². The summed E-state index contributed by atoms with van der Waals surface area (Å²) in [6, 6.07) is 0.759. The fraction of sp³-hybridized carbons (Fsp3) is 1.00. The lowest BCUT2D eigenvalue weighted by Crippen LogP contribution is -2.36. The van der Waals surface area contributed by atoms with Crippen LogP contribution in [0.5, 0.6) is 0 Å². The van der Waals surface area contributed by atoms with Crippen molar-refractivity contribution < 1.29 is 0 Å². The molecular formula is C10H20N2S. The molecule has 1 aliphatic heterocycles. The highest BCUT2D eigenvalue weighted by atomic mass is 32.2. The van der Waals surface area contributed by atoms with Gasteiger partial charge in [-0.25, -0.2) is 0 Å². The van der Waals surface area contributed by atoms with Crippen molar-refractivity contribution in [3.05, 3.63) is 0 Å². The van der Waals surface area contributed by atoms with E-state index in [1.165, 1.54) is 38.9 Å². The molecule has 0 bridgehead atoms. The Morgan fingerprint density at radius 1 is 1.54 bits per heavy atom. The van der Waals surface area contributed by atoms with Crippen LogP contribution in [-0.4, -0.2) is 48.6 Å². The Morgan fingerprint density at radius 3 is 2.77 bits per heavy atom. The summed E-state index contributed by atoms with van der Waals surface area (Å²) in [5.74, 6) is 0. The fourth-order valence-corrected chi connectivity index (χ4v) is 2.76. The molecule has 0 aromatic heterocycles. The van der Waals surface area contributed by atoms with Gasteiger partial charge in [0, 0.05) is 23.9 Å². The van der Waals surface area contributed by atoms with Crippen LogP contribution in [0.4, 0.5) is 0 Å². The third-order valence-electron chi connectivity index (χ3n) is 3.34. The standard InChI is InChI=1S/C10H20N2S/c1-12-6-3-9(7-12)11-8-10(13-2)4-5-10/h9,11H,3-8H2,1-2H3. The van der Waals surface area contributed by atoms with Crippen LogP contribution in [0.15, 0.2) is 0 Å². The molecule has 2 rings (SSSR count). The van der Waals surface area contributed by atoms with E-state index in [4.69, 9.17) is 0 Å². The van der Waals surface area contributed by atoms with Crippen molar-refractivity contribution >= 4 is 11.8 Å².